The summed E-state index contributed by atoms with van der Waals surface area (Å²) >= 11 is 0. The van der Waals surface area contributed by atoms with E-state index in [2.05, 4.69) is 5.32 Å². The highest BCUT2D eigenvalue weighted by molar-refractivity contribution is 7.89. The number of carbonyl (C=O) groups is 1. The first kappa shape index (κ1) is 27.8. The summed E-state index contributed by atoms with van der Waals surface area (Å²) in [6.07, 6.45) is 0. The predicted octanol–water partition coefficient (Wildman–Crippen LogP) is 3.79. The van der Waals surface area contributed by atoms with Gasteiger partial charge in [0.2, 0.25) is 15.9 Å². The molecule has 10 heteroatoms. The summed E-state index contributed by atoms with van der Waals surface area (Å²) in [5, 5.41) is 2.88. The van der Waals surface area contributed by atoms with Gasteiger partial charge in [0.25, 0.3) is 0 Å². The fraction of sp³-hybridized carbons (Fsp3) is 0.296. The number of nitrogens with one attached hydrogen (secondary N) is 1. The number of methoxy groups -OCH3 is 4. The summed E-state index contributed by atoms with van der Waals surface area (Å²) in [4.78, 5) is 13.1. The Morgan fingerprint density at radius 2 is 1.38 bits per heavy atom. The molecule has 37 heavy (non-hydrogen) atoms. The molecule has 1 atom stereocenters. The molecule has 0 saturated heterocycles. The molecule has 0 bridgehead atoms. The molecule has 9 nitrogen and oxygen atoms in total. The highest BCUT2D eigenvalue weighted by Crippen LogP contribution is 2.32. The molecule has 1 unspecified atom stereocenters. The summed E-state index contributed by atoms with van der Waals surface area (Å²) in [5.41, 5.74) is 1.52. The van der Waals surface area contributed by atoms with E-state index in [4.69, 9.17) is 18.9 Å². The quantitative estimate of drug-likeness (QED) is 0.382. The predicted molar refractivity (Wildman–Crippen MR) is 140 cm³/mol. The van der Waals surface area contributed by atoms with E-state index in [0.717, 1.165) is 15.4 Å². The van der Waals surface area contributed by atoms with Gasteiger partial charge in [-0.25, -0.2) is 8.42 Å². The number of nitrogens with zero attached hydrogens (tertiary/aromatic N) is 1. The number of rotatable bonds is 12. The molecule has 3 aromatic rings. The molecule has 3 rings (SSSR count). The van der Waals surface area contributed by atoms with E-state index >= 15 is 0 Å². The van der Waals surface area contributed by atoms with Crippen LogP contribution in [0.1, 0.15) is 24.1 Å². The van der Waals surface area contributed by atoms with Crippen LogP contribution in [0.2, 0.25) is 0 Å². The molecule has 0 saturated carbocycles. The Bertz CT molecular complexity index is 1310. The Balaban J connectivity index is 1.87. The average Bonchev–Trinajstić information content (AvgIpc) is 2.92. The van der Waals surface area contributed by atoms with Crippen LogP contribution in [-0.4, -0.2) is 53.6 Å². The minimum atomic E-state index is -4.07. The van der Waals surface area contributed by atoms with Crippen molar-refractivity contribution >= 4 is 15.9 Å². The van der Waals surface area contributed by atoms with Gasteiger partial charge in [-0.3, -0.25) is 4.79 Å². The topological polar surface area (TPSA) is 103 Å². The monoisotopic (exact) mass is 528 g/mol. The van der Waals surface area contributed by atoms with Gasteiger partial charge in [-0.1, -0.05) is 36.4 Å². The third-order valence-electron chi connectivity index (χ3n) is 5.80. The first-order valence-electron chi connectivity index (χ1n) is 11.5. The second-order valence-corrected chi connectivity index (χ2v) is 10.1. The SMILES string of the molecule is COc1ccc(C(C)NC(=O)CN(Cc2ccccc2)S(=O)(=O)c2ccc(OC)c(OC)c2)cc1OC. The van der Waals surface area contributed by atoms with Crippen molar-refractivity contribution < 1.29 is 32.2 Å². The Hall–Kier alpha value is -3.76. The lowest BCUT2D eigenvalue weighted by molar-refractivity contribution is -0.122. The van der Waals surface area contributed by atoms with Crippen LogP contribution in [0, 0.1) is 0 Å². The molecule has 0 radical (unpaired) electrons. The van der Waals surface area contributed by atoms with Crippen molar-refractivity contribution in [1.82, 2.24) is 9.62 Å². The minimum Gasteiger partial charge on any atom is -0.493 e. The Kier molecular flexibility index (Phi) is 9.37. The van der Waals surface area contributed by atoms with Crippen molar-refractivity contribution in [2.75, 3.05) is 35.0 Å². The smallest absolute Gasteiger partial charge is 0.243 e. The highest BCUT2D eigenvalue weighted by Gasteiger charge is 2.28. The molecule has 1 N–H and O–H groups in total. The molecule has 3 aromatic carbocycles. The molecule has 198 valence electrons. The molecule has 0 spiro atoms. The van der Waals surface area contributed by atoms with Crippen molar-refractivity contribution in [2.45, 2.75) is 24.4 Å². The third kappa shape index (κ3) is 6.72. The van der Waals surface area contributed by atoms with E-state index < -0.39 is 22.0 Å². The first-order chi connectivity index (χ1) is 17.7. The fourth-order valence-corrected chi connectivity index (χ4v) is 5.19. The third-order valence-corrected chi connectivity index (χ3v) is 7.59. The van der Waals surface area contributed by atoms with Crippen LogP contribution in [-0.2, 0) is 21.4 Å². The van der Waals surface area contributed by atoms with Gasteiger partial charge in [0.15, 0.2) is 23.0 Å². The highest BCUT2D eigenvalue weighted by atomic mass is 32.2. The Labute approximate surface area is 218 Å². The van der Waals surface area contributed by atoms with E-state index in [1.807, 2.05) is 31.2 Å². The van der Waals surface area contributed by atoms with Crippen LogP contribution in [0.3, 0.4) is 0 Å². The lowest BCUT2D eigenvalue weighted by Gasteiger charge is -2.24. The van der Waals surface area contributed by atoms with E-state index in [9.17, 15) is 13.2 Å². The van der Waals surface area contributed by atoms with Crippen molar-refractivity contribution in [3.8, 4) is 23.0 Å². The van der Waals surface area contributed by atoms with Crippen molar-refractivity contribution in [3.63, 3.8) is 0 Å². The molecule has 0 aliphatic carbocycles. The summed E-state index contributed by atoms with van der Waals surface area (Å²) in [6.45, 7) is 1.43. The van der Waals surface area contributed by atoms with E-state index in [1.165, 1.54) is 39.5 Å². The number of amides is 1. The number of hydrogen-bond donors (Lipinski definition) is 1. The number of sulfonamides is 1. The average molecular weight is 529 g/mol. The van der Waals surface area contributed by atoms with Crippen LogP contribution in [0.4, 0.5) is 0 Å². The van der Waals surface area contributed by atoms with E-state index in [0.29, 0.717) is 17.2 Å². The van der Waals surface area contributed by atoms with Gasteiger partial charge >= 0.3 is 0 Å². The molecular formula is C27H32N2O7S. The summed E-state index contributed by atoms with van der Waals surface area (Å²) in [6, 6.07) is 18.3. The van der Waals surface area contributed by atoms with Gasteiger partial charge in [0.05, 0.1) is 45.9 Å². The van der Waals surface area contributed by atoms with Gasteiger partial charge in [-0.15, -0.1) is 0 Å². The maximum Gasteiger partial charge on any atom is 0.243 e. The Morgan fingerprint density at radius 1 is 0.811 bits per heavy atom. The van der Waals surface area contributed by atoms with Gasteiger partial charge in [-0.05, 0) is 42.3 Å². The van der Waals surface area contributed by atoms with E-state index in [1.54, 1.807) is 31.4 Å². The number of benzene rings is 3. The normalized spacial score (nSPS) is 12.1. The van der Waals surface area contributed by atoms with Crippen LogP contribution in [0.5, 0.6) is 23.0 Å². The molecule has 0 fully saturated rings. The van der Waals surface area contributed by atoms with Crippen molar-refractivity contribution in [3.05, 3.63) is 77.9 Å². The summed E-state index contributed by atoms with van der Waals surface area (Å²) < 4.78 is 49.6. The second-order valence-electron chi connectivity index (χ2n) is 8.18. The standard InChI is InChI=1S/C27H32N2O7S/c1-19(21-11-13-23(33-2)25(15-21)35-4)28-27(30)18-29(17-20-9-7-6-8-10-20)37(31,32)22-12-14-24(34-3)26(16-22)36-5/h6-16,19H,17-18H2,1-5H3,(H,28,30). The van der Waals surface area contributed by atoms with Crippen LogP contribution in [0.15, 0.2) is 71.6 Å². The molecule has 0 aliphatic rings. The second kappa shape index (κ2) is 12.5. The Morgan fingerprint density at radius 3 is 1.97 bits per heavy atom. The molecule has 0 aromatic heterocycles. The number of hydrogen-bond acceptors (Lipinski definition) is 7. The lowest BCUT2D eigenvalue weighted by Crippen LogP contribution is -2.41. The summed E-state index contributed by atoms with van der Waals surface area (Å²) in [5.74, 6) is 1.32. The summed E-state index contributed by atoms with van der Waals surface area (Å²) in [7, 11) is 1.91. The maximum atomic E-state index is 13.7. The van der Waals surface area contributed by atoms with Gasteiger partial charge in [-0.2, -0.15) is 4.31 Å². The van der Waals surface area contributed by atoms with Gasteiger partial charge in [0.1, 0.15) is 0 Å². The molecule has 0 aliphatic heterocycles. The van der Waals surface area contributed by atoms with Gasteiger partial charge < -0.3 is 24.3 Å². The van der Waals surface area contributed by atoms with Crippen LogP contribution < -0.4 is 24.3 Å². The largest absolute Gasteiger partial charge is 0.493 e. The van der Waals surface area contributed by atoms with Crippen molar-refractivity contribution in [1.29, 1.82) is 0 Å². The zero-order chi connectivity index (χ0) is 27.0. The molecule has 0 heterocycles. The van der Waals surface area contributed by atoms with Gasteiger partial charge in [0, 0.05) is 12.6 Å². The zero-order valence-electron chi connectivity index (χ0n) is 21.6. The lowest BCUT2D eigenvalue weighted by atomic mass is 10.1. The number of ether oxygens (including phenoxy) is 4. The van der Waals surface area contributed by atoms with Crippen LogP contribution >= 0.6 is 0 Å². The number of carbonyl (C=O) groups excluding carboxylic acids is 1. The minimum absolute atomic E-state index is 0.00960. The molecule has 1 amide bonds. The maximum absolute atomic E-state index is 13.7. The zero-order valence-corrected chi connectivity index (χ0v) is 22.4. The van der Waals surface area contributed by atoms with Crippen LogP contribution in [0.25, 0.3) is 0 Å². The first-order valence-corrected chi connectivity index (χ1v) is 12.9. The fourth-order valence-electron chi connectivity index (χ4n) is 3.79. The van der Waals surface area contributed by atoms with E-state index in [-0.39, 0.29) is 23.7 Å². The molecular weight excluding hydrogens is 496 g/mol. The van der Waals surface area contributed by atoms with Crippen molar-refractivity contribution in [2.24, 2.45) is 0 Å².